The predicted molar refractivity (Wildman–Crippen MR) is 80.6 cm³/mol. The summed E-state index contributed by atoms with van der Waals surface area (Å²) in [6.07, 6.45) is 0. The van der Waals surface area contributed by atoms with Gasteiger partial charge in [0.25, 0.3) is 0 Å². The first-order valence-corrected chi connectivity index (χ1v) is 6.81. The Labute approximate surface area is 118 Å². The van der Waals surface area contributed by atoms with Gasteiger partial charge in [0, 0.05) is 26.2 Å². The molecule has 2 N–H and O–H groups in total. The number of phenolic OH excluding ortho intramolecular Hbond substituents is 2. The minimum Gasteiger partial charge on any atom is -0.506 e. The Balaban J connectivity index is 1.72. The molecular formula is C16H18N2O2. The van der Waals surface area contributed by atoms with E-state index in [0.29, 0.717) is 11.5 Å². The second-order valence-electron chi connectivity index (χ2n) is 4.95. The molecule has 0 aliphatic carbocycles. The Kier molecular flexibility index (Phi) is 3.37. The van der Waals surface area contributed by atoms with Gasteiger partial charge >= 0.3 is 0 Å². The molecule has 4 heteroatoms. The van der Waals surface area contributed by atoms with Crippen LogP contribution in [0.15, 0.2) is 48.5 Å². The summed E-state index contributed by atoms with van der Waals surface area (Å²) in [5, 5.41) is 19.8. The van der Waals surface area contributed by atoms with E-state index in [-0.39, 0.29) is 0 Å². The van der Waals surface area contributed by atoms with Crippen LogP contribution in [0, 0.1) is 0 Å². The summed E-state index contributed by atoms with van der Waals surface area (Å²) < 4.78 is 0. The minimum atomic E-state index is 0.323. The second kappa shape index (κ2) is 5.33. The number of nitrogens with zero attached hydrogens (tertiary/aromatic N) is 2. The molecule has 0 radical (unpaired) electrons. The monoisotopic (exact) mass is 270 g/mol. The number of hydrogen-bond acceptors (Lipinski definition) is 4. The van der Waals surface area contributed by atoms with E-state index in [1.165, 1.54) is 0 Å². The van der Waals surface area contributed by atoms with Crippen molar-refractivity contribution in [3.05, 3.63) is 48.5 Å². The third kappa shape index (κ3) is 2.37. The fourth-order valence-corrected chi connectivity index (χ4v) is 2.65. The Morgan fingerprint density at radius 3 is 1.30 bits per heavy atom. The van der Waals surface area contributed by atoms with E-state index in [1.807, 2.05) is 36.4 Å². The molecule has 3 rings (SSSR count). The molecule has 4 nitrogen and oxygen atoms in total. The third-order valence-electron chi connectivity index (χ3n) is 3.72. The van der Waals surface area contributed by atoms with E-state index < -0.39 is 0 Å². The fourth-order valence-electron chi connectivity index (χ4n) is 2.65. The highest BCUT2D eigenvalue weighted by atomic mass is 16.3. The van der Waals surface area contributed by atoms with Gasteiger partial charge in [0.2, 0.25) is 0 Å². The fraction of sp³-hybridized carbons (Fsp3) is 0.250. The molecular weight excluding hydrogens is 252 g/mol. The molecule has 0 saturated carbocycles. The zero-order valence-electron chi connectivity index (χ0n) is 11.2. The summed E-state index contributed by atoms with van der Waals surface area (Å²) >= 11 is 0. The molecule has 1 saturated heterocycles. The van der Waals surface area contributed by atoms with Crippen LogP contribution in [-0.2, 0) is 0 Å². The SMILES string of the molecule is Oc1ccccc1N1CCN(c2ccccc2O)CC1. The number of anilines is 2. The standard InChI is InChI=1S/C16H18N2O2/c19-15-7-3-1-5-13(15)17-9-11-18(12-10-17)14-6-2-4-8-16(14)20/h1-8,19-20H,9-12H2. The van der Waals surface area contributed by atoms with Gasteiger partial charge in [-0.1, -0.05) is 24.3 Å². The zero-order chi connectivity index (χ0) is 13.9. The summed E-state index contributed by atoms with van der Waals surface area (Å²) in [6, 6.07) is 14.8. The molecule has 1 heterocycles. The smallest absolute Gasteiger partial charge is 0.138 e. The number of rotatable bonds is 2. The van der Waals surface area contributed by atoms with Crippen LogP contribution in [0.25, 0.3) is 0 Å². The van der Waals surface area contributed by atoms with Crippen molar-refractivity contribution in [1.82, 2.24) is 0 Å². The number of phenols is 2. The molecule has 0 aromatic heterocycles. The van der Waals surface area contributed by atoms with Gasteiger partial charge < -0.3 is 20.0 Å². The molecule has 1 fully saturated rings. The van der Waals surface area contributed by atoms with Crippen molar-refractivity contribution in [3.8, 4) is 11.5 Å². The van der Waals surface area contributed by atoms with Crippen LogP contribution in [0.5, 0.6) is 11.5 Å². The number of aromatic hydroxyl groups is 2. The maximum atomic E-state index is 9.89. The van der Waals surface area contributed by atoms with Crippen molar-refractivity contribution in [2.24, 2.45) is 0 Å². The zero-order valence-corrected chi connectivity index (χ0v) is 11.2. The normalized spacial score (nSPS) is 15.4. The highest BCUT2D eigenvalue weighted by molar-refractivity contribution is 5.61. The van der Waals surface area contributed by atoms with Crippen LogP contribution in [0.2, 0.25) is 0 Å². The second-order valence-corrected chi connectivity index (χ2v) is 4.95. The average Bonchev–Trinajstić information content (AvgIpc) is 2.49. The van der Waals surface area contributed by atoms with Crippen LogP contribution in [-0.4, -0.2) is 36.4 Å². The van der Waals surface area contributed by atoms with Crippen LogP contribution >= 0.6 is 0 Å². The maximum Gasteiger partial charge on any atom is 0.138 e. The summed E-state index contributed by atoms with van der Waals surface area (Å²) in [5.74, 6) is 0.645. The predicted octanol–water partition coefficient (Wildman–Crippen LogP) is 2.42. The lowest BCUT2D eigenvalue weighted by Crippen LogP contribution is -2.46. The Bertz CT molecular complexity index is 539. The van der Waals surface area contributed by atoms with Gasteiger partial charge in [-0.15, -0.1) is 0 Å². The van der Waals surface area contributed by atoms with Gasteiger partial charge in [0.1, 0.15) is 11.5 Å². The topological polar surface area (TPSA) is 46.9 Å². The van der Waals surface area contributed by atoms with Gasteiger partial charge in [-0.2, -0.15) is 0 Å². The molecule has 2 aromatic rings. The molecule has 0 atom stereocenters. The molecule has 0 unspecified atom stereocenters. The van der Waals surface area contributed by atoms with Gasteiger partial charge in [0.05, 0.1) is 11.4 Å². The Morgan fingerprint density at radius 2 is 0.950 bits per heavy atom. The van der Waals surface area contributed by atoms with E-state index in [9.17, 15) is 10.2 Å². The van der Waals surface area contributed by atoms with Gasteiger partial charge in [-0.25, -0.2) is 0 Å². The lowest BCUT2D eigenvalue weighted by Gasteiger charge is -2.37. The lowest BCUT2D eigenvalue weighted by molar-refractivity contribution is 0.467. The van der Waals surface area contributed by atoms with Crippen LogP contribution in [0.1, 0.15) is 0 Å². The first-order chi connectivity index (χ1) is 9.75. The lowest BCUT2D eigenvalue weighted by atomic mass is 10.2. The minimum absolute atomic E-state index is 0.323. The van der Waals surface area contributed by atoms with E-state index in [4.69, 9.17) is 0 Å². The van der Waals surface area contributed by atoms with Crippen LogP contribution in [0.3, 0.4) is 0 Å². The molecule has 1 aliphatic heterocycles. The van der Waals surface area contributed by atoms with Gasteiger partial charge in [-0.3, -0.25) is 0 Å². The largest absolute Gasteiger partial charge is 0.506 e. The van der Waals surface area contributed by atoms with Crippen molar-refractivity contribution in [3.63, 3.8) is 0 Å². The summed E-state index contributed by atoms with van der Waals surface area (Å²) in [5.41, 5.74) is 1.76. The van der Waals surface area contributed by atoms with E-state index in [1.54, 1.807) is 12.1 Å². The highest BCUT2D eigenvalue weighted by Gasteiger charge is 2.20. The van der Waals surface area contributed by atoms with E-state index in [0.717, 1.165) is 37.6 Å². The number of hydrogen-bond donors (Lipinski definition) is 2. The number of benzene rings is 2. The quantitative estimate of drug-likeness (QED) is 0.880. The molecule has 20 heavy (non-hydrogen) atoms. The van der Waals surface area contributed by atoms with Crippen molar-refractivity contribution in [2.75, 3.05) is 36.0 Å². The highest BCUT2D eigenvalue weighted by Crippen LogP contribution is 2.30. The Morgan fingerprint density at radius 1 is 0.600 bits per heavy atom. The van der Waals surface area contributed by atoms with Crippen molar-refractivity contribution in [2.45, 2.75) is 0 Å². The molecule has 0 amide bonds. The first-order valence-electron chi connectivity index (χ1n) is 6.81. The first kappa shape index (κ1) is 12.7. The molecule has 0 spiro atoms. The number of piperazine rings is 1. The van der Waals surface area contributed by atoms with Crippen molar-refractivity contribution >= 4 is 11.4 Å². The van der Waals surface area contributed by atoms with Crippen molar-refractivity contribution in [1.29, 1.82) is 0 Å². The van der Waals surface area contributed by atoms with Crippen molar-refractivity contribution < 1.29 is 10.2 Å². The van der Waals surface area contributed by atoms with Crippen LogP contribution < -0.4 is 9.80 Å². The summed E-state index contributed by atoms with van der Waals surface area (Å²) in [4.78, 5) is 4.34. The molecule has 2 aromatic carbocycles. The molecule has 104 valence electrons. The molecule has 1 aliphatic rings. The van der Waals surface area contributed by atoms with Gasteiger partial charge in [0.15, 0.2) is 0 Å². The van der Waals surface area contributed by atoms with Crippen LogP contribution in [0.4, 0.5) is 11.4 Å². The van der Waals surface area contributed by atoms with Gasteiger partial charge in [-0.05, 0) is 24.3 Å². The maximum absolute atomic E-state index is 9.89. The average molecular weight is 270 g/mol. The Hall–Kier alpha value is -2.36. The van der Waals surface area contributed by atoms with E-state index in [2.05, 4.69) is 9.80 Å². The summed E-state index contributed by atoms with van der Waals surface area (Å²) in [6.45, 7) is 3.30. The number of para-hydroxylation sites is 4. The summed E-state index contributed by atoms with van der Waals surface area (Å²) in [7, 11) is 0. The molecule has 0 bridgehead atoms. The van der Waals surface area contributed by atoms with E-state index >= 15 is 0 Å². The third-order valence-corrected chi connectivity index (χ3v) is 3.72.